The summed E-state index contributed by atoms with van der Waals surface area (Å²) in [5, 5.41) is 0. The molecule has 0 atom stereocenters. The van der Waals surface area contributed by atoms with Gasteiger partial charge in [0.25, 0.3) is 5.91 Å². The molecule has 0 spiro atoms. The van der Waals surface area contributed by atoms with Crippen molar-refractivity contribution in [3.63, 3.8) is 0 Å². The van der Waals surface area contributed by atoms with Gasteiger partial charge < -0.3 is 4.84 Å². The maximum atomic E-state index is 11.0. The van der Waals surface area contributed by atoms with Gasteiger partial charge in [0.15, 0.2) is 5.75 Å². The number of amides is 1. The van der Waals surface area contributed by atoms with Crippen molar-refractivity contribution in [2.24, 2.45) is 0 Å². The molecule has 0 aromatic heterocycles. The molecule has 0 radical (unpaired) electrons. The third kappa shape index (κ3) is 3.96. The Morgan fingerprint density at radius 3 is 2.05 bits per heavy atom. The van der Waals surface area contributed by atoms with Crippen molar-refractivity contribution >= 4 is 5.91 Å². The highest BCUT2D eigenvalue weighted by atomic mass is 16.7. The fraction of sp³-hybridized carbons (Fsp3) is 0.167. The van der Waals surface area contributed by atoms with Gasteiger partial charge in [0.05, 0.1) is 0 Å². The van der Waals surface area contributed by atoms with Crippen LogP contribution in [-0.4, -0.2) is 5.91 Å². The first-order valence-corrected chi connectivity index (χ1v) is 6.90. The number of benzene rings is 2. The van der Waals surface area contributed by atoms with Gasteiger partial charge in [-0.2, -0.15) is 5.48 Å². The minimum atomic E-state index is -0.372. The van der Waals surface area contributed by atoms with Crippen LogP contribution in [0.4, 0.5) is 0 Å². The highest BCUT2D eigenvalue weighted by Gasteiger charge is 2.02. The van der Waals surface area contributed by atoms with E-state index in [4.69, 9.17) is 4.84 Å². The van der Waals surface area contributed by atoms with Crippen molar-refractivity contribution in [3.8, 4) is 16.9 Å². The fourth-order valence-electron chi connectivity index (χ4n) is 1.93. The van der Waals surface area contributed by atoms with E-state index >= 15 is 0 Å². The van der Waals surface area contributed by atoms with Gasteiger partial charge in [-0.15, -0.1) is 0 Å². The van der Waals surface area contributed by atoms with Gasteiger partial charge in [-0.3, -0.25) is 4.79 Å². The molecule has 0 saturated carbocycles. The molecular weight excluding hydrogens is 262 g/mol. The van der Waals surface area contributed by atoms with Crippen molar-refractivity contribution in [2.75, 3.05) is 0 Å². The van der Waals surface area contributed by atoms with Crippen molar-refractivity contribution in [1.29, 1.82) is 0 Å². The molecule has 1 amide bonds. The Morgan fingerprint density at radius 2 is 1.57 bits per heavy atom. The van der Waals surface area contributed by atoms with Gasteiger partial charge in [-0.1, -0.05) is 56.8 Å². The summed E-state index contributed by atoms with van der Waals surface area (Å²) in [7, 11) is 0. The first-order valence-electron chi connectivity index (χ1n) is 6.90. The Hall–Kier alpha value is -2.55. The minimum absolute atomic E-state index is 0.372. The van der Waals surface area contributed by atoms with Crippen molar-refractivity contribution in [3.05, 3.63) is 66.7 Å². The third-order valence-electron chi connectivity index (χ3n) is 3.22. The predicted molar refractivity (Wildman–Crippen MR) is 84.9 cm³/mol. The molecule has 2 aromatic carbocycles. The van der Waals surface area contributed by atoms with E-state index in [-0.39, 0.29) is 5.91 Å². The van der Waals surface area contributed by atoms with E-state index < -0.39 is 0 Å². The molecule has 1 N–H and O–H groups in total. The zero-order chi connectivity index (χ0) is 15.2. The Labute approximate surface area is 125 Å². The van der Waals surface area contributed by atoms with Crippen LogP contribution in [0.15, 0.2) is 61.2 Å². The van der Waals surface area contributed by atoms with Gasteiger partial charge in [-0.25, -0.2) is 0 Å². The zero-order valence-electron chi connectivity index (χ0n) is 12.3. The van der Waals surface area contributed by atoms with Crippen molar-refractivity contribution < 1.29 is 9.63 Å². The molecule has 0 saturated heterocycles. The van der Waals surface area contributed by atoms with Crippen LogP contribution in [0, 0.1) is 0 Å². The van der Waals surface area contributed by atoms with E-state index in [1.807, 2.05) is 24.3 Å². The number of rotatable bonds is 5. The van der Waals surface area contributed by atoms with E-state index in [1.165, 1.54) is 5.56 Å². The van der Waals surface area contributed by atoms with Crippen molar-refractivity contribution in [1.82, 2.24) is 5.48 Å². The smallest absolute Gasteiger partial charge is 0.276 e. The second-order valence-corrected chi connectivity index (χ2v) is 5.07. The molecule has 2 aromatic rings. The number of carbonyl (C=O) groups is 1. The average molecular weight is 281 g/mol. The maximum absolute atomic E-state index is 11.0. The Bertz CT molecular complexity index is 613. The summed E-state index contributed by atoms with van der Waals surface area (Å²) >= 11 is 0. The van der Waals surface area contributed by atoms with Crippen LogP contribution in [0.25, 0.3) is 11.1 Å². The monoisotopic (exact) mass is 281 g/mol. The largest absolute Gasteiger partial charge is 0.379 e. The van der Waals surface area contributed by atoms with Crippen LogP contribution in [-0.2, 0) is 4.79 Å². The summed E-state index contributed by atoms with van der Waals surface area (Å²) in [6, 6.07) is 16.1. The maximum Gasteiger partial charge on any atom is 0.276 e. The Balaban J connectivity index is 2.07. The molecule has 0 aliphatic rings. The van der Waals surface area contributed by atoms with Gasteiger partial charge in [0.1, 0.15) is 0 Å². The van der Waals surface area contributed by atoms with E-state index in [1.54, 1.807) is 0 Å². The number of hydrogen-bond acceptors (Lipinski definition) is 2. The van der Waals surface area contributed by atoms with Gasteiger partial charge in [0, 0.05) is 0 Å². The van der Waals surface area contributed by atoms with E-state index in [0.717, 1.165) is 17.2 Å². The molecule has 0 aliphatic heterocycles. The fourth-order valence-corrected chi connectivity index (χ4v) is 1.93. The minimum Gasteiger partial charge on any atom is -0.379 e. The predicted octanol–water partition coefficient (Wildman–Crippen LogP) is 4.07. The Morgan fingerprint density at radius 1 is 1.05 bits per heavy atom. The van der Waals surface area contributed by atoms with Crippen LogP contribution in [0.2, 0.25) is 0 Å². The molecule has 0 fully saturated rings. The molecule has 0 bridgehead atoms. The second-order valence-electron chi connectivity index (χ2n) is 5.07. The Kier molecular flexibility index (Phi) is 4.77. The summed E-state index contributed by atoms with van der Waals surface area (Å²) in [6.07, 6.45) is 1.16. The molecule has 108 valence electrons. The van der Waals surface area contributed by atoms with Crippen LogP contribution in [0.5, 0.6) is 5.75 Å². The normalized spacial score (nSPS) is 10.2. The summed E-state index contributed by atoms with van der Waals surface area (Å²) in [5.74, 6) is 0.736. The molecule has 3 heteroatoms. The molecule has 0 heterocycles. The molecule has 0 unspecified atom stereocenters. The zero-order valence-corrected chi connectivity index (χ0v) is 12.3. The lowest BCUT2D eigenvalue weighted by Gasteiger charge is -2.08. The van der Waals surface area contributed by atoms with E-state index in [9.17, 15) is 4.79 Å². The van der Waals surface area contributed by atoms with E-state index in [2.05, 4.69) is 50.2 Å². The van der Waals surface area contributed by atoms with Gasteiger partial charge in [-0.05, 0) is 40.8 Å². The first kappa shape index (κ1) is 14.9. The summed E-state index contributed by atoms with van der Waals surface area (Å²) in [6.45, 7) is 7.71. The standard InChI is InChI=1S/C18H19NO2/c1-4-18(20)19-21-17-11-9-16(10-12-17)15-7-5-14(6-8-15)13(2)3/h4-13H,1H2,2-3H3,(H,19,20). The molecule has 2 rings (SSSR count). The molecular formula is C18H19NO2. The molecule has 21 heavy (non-hydrogen) atoms. The SMILES string of the molecule is C=CC(=O)NOc1ccc(-c2ccc(C(C)C)cc2)cc1. The lowest BCUT2D eigenvalue weighted by Crippen LogP contribution is -2.24. The lowest BCUT2D eigenvalue weighted by molar-refractivity contribution is -0.122. The molecule has 0 aliphatic carbocycles. The number of nitrogens with one attached hydrogen (secondary N) is 1. The summed E-state index contributed by atoms with van der Waals surface area (Å²) < 4.78 is 0. The highest BCUT2D eigenvalue weighted by Crippen LogP contribution is 2.24. The number of hydrogen-bond donors (Lipinski definition) is 1. The van der Waals surface area contributed by atoms with Crippen LogP contribution >= 0.6 is 0 Å². The molecule has 3 nitrogen and oxygen atoms in total. The van der Waals surface area contributed by atoms with E-state index in [0.29, 0.717) is 11.7 Å². The topological polar surface area (TPSA) is 38.3 Å². The lowest BCUT2D eigenvalue weighted by atomic mass is 9.99. The summed E-state index contributed by atoms with van der Waals surface area (Å²) in [4.78, 5) is 16.1. The van der Waals surface area contributed by atoms with Crippen LogP contribution < -0.4 is 10.3 Å². The summed E-state index contributed by atoms with van der Waals surface area (Å²) in [5.41, 5.74) is 5.85. The van der Waals surface area contributed by atoms with Crippen LogP contribution in [0.1, 0.15) is 25.3 Å². The van der Waals surface area contributed by atoms with Crippen molar-refractivity contribution in [2.45, 2.75) is 19.8 Å². The average Bonchev–Trinajstić information content (AvgIpc) is 2.53. The number of carbonyl (C=O) groups excluding carboxylic acids is 1. The van der Waals surface area contributed by atoms with Crippen LogP contribution in [0.3, 0.4) is 0 Å². The van der Waals surface area contributed by atoms with Gasteiger partial charge in [0.2, 0.25) is 0 Å². The first-order chi connectivity index (χ1) is 10.1. The highest BCUT2D eigenvalue weighted by molar-refractivity contribution is 5.86. The second kappa shape index (κ2) is 6.75. The third-order valence-corrected chi connectivity index (χ3v) is 3.22. The quantitative estimate of drug-likeness (QED) is 0.662. The van der Waals surface area contributed by atoms with Gasteiger partial charge >= 0.3 is 0 Å². The number of hydroxylamine groups is 1.